The van der Waals surface area contributed by atoms with E-state index in [9.17, 15) is 0 Å². The van der Waals surface area contributed by atoms with E-state index in [1.165, 1.54) is 32.1 Å². The third kappa shape index (κ3) is 2.72. The maximum atomic E-state index is 8.15. The monoisotopic (exact) mass is 168 g/mol. The van der Waals surface area contributed by atoms with Crippen molar-refractivity contribution in [3.8, 4) is 0 Å². The van der Waals surface area contributed by atoms with Crippen molar-refractivity contribution in [1.82, 2.24) is 4.90 Å². The summed E-state index contributed by atoms with van der Waals surface area (Å²) in [6.07, 6.45) is 6.54. The molecule has 0 bridgehead atoms. The van der Waals surface area contributed by atoms with E-state index in [1.54, 1.807) is 0 Å². The Balaban J connectivity index is 2.28. The van der Waals surface area contributed by atoms with Crippen LogP contribution in [0.2, 0.25) is 0 Å². The number of hydrogen-bond acceptors (Lipinski definition) is 2. The predicted octanol–water partition coefficient (Wildman–Crippen LogP) is 2.52. The molecule has 0 aromatic rings. The van der Waals surface area contributed by atoms with E-state index in [2.05, 4.69) is 14.9 Å². The number of nitrogens with zero attached hydrogens (tertiary/aromatic N) is 4. The van der Waals surface area contributed by atoms with E-state index < -0.39 is 0 Å². The maximum absolute atomic E-state index is 8.15. The molecular weight excluding hydrogens is 152 g/mol. The SMILES string of the molecule is CN(CN=[N+]=[N-])C1CCCCC1. The zero-order valence-corrected chi connectivity index (χ0v) is 7.61. The highest BCUT2D eigenvalue weighted by Gasteiger charge is 2.16. The van der Waals surface area contributed by atoms with Gasteiger partial charge in [0, 0.05) is 11.0 Å². The van der Waals surface area contributed by atoms with Gasteiger partial charge in [-0.2, -0.15) is 0 Å². The van der Waals surface area contributed by atoms with Crippen LogP contribution in [0.5, 0.6) is 0 Å². The van der Waals surface area contributed by atoms with E-state index in [0.717, 1.165) is 0 Å². The summed E-state index contributed by atoms with van der Waals surface area (Å²) in [4.78, 5) is 4.91. The molecule has 0 unspecified atom stereocenters. The molecule has 1 aliphatic rings. The lowest BCUT2D eigenvalue weighted by atomic mass is 9.95. The minimum absolute atomic E-state index is 0.515. The fourth-order valence-electron chi connectivity index (χ4n) is 1.77. The van der Waals surface area contributed by atoms with Crippen LogP contribution in [0.1, 0.15) is 32.1 Å². The lowest BCUT2D eigenvalue weighted by molar-refractivity contribution is 0.196. The molecule has 0 aromatic carbocycles. The molecule has 0 saturated heterocycles. The molecule has 0 amide bonds. The van der Waals surface area contributed by atoms with Crippen LogP contribution < -0.4 is 0 Å². The molecule has 0 N–H and O–H groups in total. The molecule has 0 heterocycles. The zero-order chi connectivity index (χ0) is 8.81. The Morgan fingerprint density at radius 2 is 2.08 bits per heavy atom. The Bertz CT molecular complexity index is 168. The summed E-state index contributed by atoms with van der Waals surface area (Å²) in [5.41, 5.74) is 8.15. The van der Waals surface area contributed by atoms with Crippen LogP contribution >= 0.6 is 0 Å². The normalized spacial score (nSPS) is 19.2. The lowest BCUT2D eigenvalue weighted by Gasteiger charge is -2.29. The van der Waals surface area contributed by atoms with Gasteiger partial charge in [-0.25, -0.2) is 0 Å². The van der Waals surface area contributed by atoms with E-state index >= 15 is 0 Å². The van der Waals surface area contributed by atoms with Crippen LogP contribution in [0, 0.1) is 0 Å². The van der Waals surface area contributed by atoms with Gasteiger partial charge in [0.2, 0.25) is 0 Å². The number of rotatable bonds is 3. The minimum atomic E-state index is 0.515. The molecule has 4 nitrogen and oxygen atoms in total. The first-order valence-corrected chi connectivity index (χ1v) is 4.55. The molecule has 0 atom stereocenters. The summed E-state index contributed by atoms with van der Waals surface area (Å²) < 4.78 is 0. The molecule has 4 heteroatoms. The fraction of sp³-hybridized carbons (Fsp3) is 1.00. The van der Waals surface area contributed by atoms with Crippen molar-refractivity contribution < 1.29 is 0 Å². The van der Waals surface area contributed by atoms with Crippen LogP contribution in [-0.4, -0.2) is 24.7 Å². The standard InChI is InChI=1S/C8H16N4/c1-12(7-10-11-9)8-5-3-2-4-6-8/h8H,2-7H2,1H3. The van der Waals surface area contributed by atoms with E-state index in [0.29, 0.717) is 12.7 Å². The molecule has 1 aliphatic carbocycles. The molecule has 0 radical (unpaired) electrons. The second-order valence-electron chi connectivity index (χ2n) is 3.42. The summed E-state index contributed by atoms with van der Waals surface area (Å²) in [6.45, 7) is 0.515. The minimum Gasteiger partial charge on any atom is -0.298 e. The van der Waals surface area contributed by atoms with E-state index in [1.807, 2.05) is 7.05 Å². The fourth-order valence-corrected chi connectivity index (χ4v) is 1.77. The summed E-state index contributed by atoms with van der Waals surface area (Å²) in [7, 11) is 2.03. The van der Waals surface area contributed by atoms with Gasteiger partial charge in [0.25, 0.3) is 0 Å². The molecule has 1 rings (SSSR count). The smallest absolute Gasteiger partial charge is 0.0773 e. The summed E-state index contributed by atoms with van der Waals surface area (Å²) in [6, 6.07) is 0.643. The van der Waals surface area contributed by atoms with Crippen LogP contribution in [0.25, 0.3) is 10.4 Å². The van der Waals surface area contributed by atoms with Gasteiger partial charge in [-0.15, -0.1) is 0 Å². The molecule has 68 valence electrons. The Morgan fingerprint density at radius 3 is 2.67 bits per heavy atom. The predicted molar refractivity (Wildman–Crippen MR) is 48.6 cm³/mol. The molecular formula is C8H16N4. The number of azide groups is 1. The lowest BCUT2D eigenvalue weighted by Crippen LogP contribution is -2.33. The zero-order valence-electron chi connectivity index (χ0n) is 7.61. The van der Waals surface area contributed by atoms with Crippen molar-refractivity contribution in [2.24, 2.45) is 5.11 Å². The molecule has 12 heavy (non-hydrogen) atoms. The molecule has 1 fully saturated rings. The van der Waals surface area contributed by atoms with Crippen molar-refractivity contribution in [1.29, 1.82) is 0 Å². The Kier molecular flexibility index (Phi) is 3.91. The summed E-state index contributed by atoms with van der Waals surface area (Å²) >= 11 is 0. The molecule has 0 aromatic heterocycles. The van der Waals surface area contributed by atoms with Gasteiger partial charge >= 0.3 is 0 Å². The van der Waals surface area contributed by atoms with Crippen LogP contribution in [0.4, 0.5) is 0 Å². The van der Waals surface area contributed by atoms with Gasteiger partial charge in [0.15, 0.2) is 0 Å². The van der Waals surface area contributed by atoms with Gasteiger partial charge in [-0.3, -0.25) is 4.90 Å². The highest BCUT2D eigenvalue weighted by atomic mass is 15.3. The van der Waals surface area contributed by atoms with Crippen LogP contribution in [-0.2, 0) is 0 Å². The van der Waals surface area contributed by atoms with Crippen LogP contribution in [0.15, 0.2) is 5.11 Å². The quantitative estimate of drug-likeness (QED) is 0.363. The van der Waals surface area contributed by atoms with Crippen molar-refractivity contribution in [2.45, 2.75) is 38.1 Å². The summed E-state index contributed by atoms with van der Waals surface area (Å²) in [5.74, 6) is 0. The van der Waals surface area contributed by atoms with Gasteiger partial charge in [-0.05, 0) is 25.4 Å². The first kappa shape index (κ1) is 9.36. The van der Waals surface area contributed by atoms with Crippen molar-refractivity contribution in [2.75, 3.05) is 13.7 Å². The van der Waals surface area contributed by atoms with E-state index in [4.69, 9.17) is 5.53 Å². The second-order valence-corrected chi connectivity index (χ2v) is 3.42. The van der Waals surface area contributed by atoms with Crippen molar-refractivity contribution in [3.63, 3.8) is 0 Å². The Morgan fingerprint density at radius 1 is 1.42 bits per heavy atom. The van der Waals surface area contributed by atoms with Gasteiger partial charge in [-0.1, -0.05) is 24.4 Å². The average molecular weight is 168 g/mol. The maximum Gasteiger partial charge on any atom is 0.0773 e. The highest BCUT2D eigenvalue weighted by Crippen LogP contribution is 2.21. The largest absolute Gasteiger partial charge is 0.298 e. The first-order valence-electron chi connectivity index (χ1n) is 4.55. The average Bonchev–Trinajstić information content (AvgIpc) is 2.15. The highest BCUT2D eigenvalue weighted by molar-refractivity contribution is 4.72. The third-order valence-electron chi connectivity index (χ3n) is 2.55. The topological polar surface area (TPSA) is 52.0 Å². The van der Waals surface area contributed by atoms with Crippen molar-refractivity contribution >= 4 is 0 Å². The van der Waals surface area contributed by atoms with Gasteiger partial charge in [0.1, 0.15) is 0 Å². The first-order chi connectivity index (χ1) is 5.84. The molecule has 1 saturated carbocycles. The molecule has 0 spiro atoms. The Labute approximate surface area is 73.2 Å². The third-order valence-corrected chi connectivity index (χ3v) is 2.55. The van der Waals surface area contributed by atoms with E-state index in [-0.39, 0.29) is 0 Å². The molecule has 0 aliphatic heterocycles. The van der Waals surface area contributed by atoms with Crippen molar-refractivity contribution in [3.05, 3.63) is 10.4 Å². The van der Waals surface area contributed by atoms with Gasteiger partial charge < -0.3 is 0 Å². The second kappa shape index (κ2) is 5.01. The van der Waals surface area contributed by atoms with Gasteiger partial charge in [0.05, 0.1) is 6.67 Å². The van der Waals surface area contributed by atoms with Crippen LogP contribution in [0.3, 0.4) is 0 Å². The Hall–Kier alpha value is -0.730. The number of hydrogen-bond donors (Lipinski definition) is 0. The summed E-state index contributed by atoms with van der Waals surface area (Å²) in [5, 5.41) is 3.55.